The maximum absolute atomic E-state index is 13.1. The number of alkyl halides is 2. The zero-order valence-corrected chi connectivity index (χ0v) is 9.12. The van der Waals surface area contributed by atoms with Crippen LogP contribution in [0, 0.1) is 0 Å². The topological polar surface area (TPSA) is 78.9 Å². The fraction of sp³-hybridized carbons (Fsp3) is 0.778. The van der Waals surface area contributed by atoms with E-state index in [-0.39, 0.29) is 26.1 Å². The highest BCUT2D eigenvalue weighted by Gasteiger charge is 2.36. The minimum Gasteiger partial charge on any atom is -0.481 e. The monoisotopic (exact) mass is 252 g/mol. The Morgan fingerprint density at radius 2 is 2.18 bits per heavy atom. The zero-order chi connectivity index (χ0) is 12.9. The summed E-state index contributed by atoms with van der Waals surface area (Å²) in [7, 11) is 0. The van der Waals surface area contributed by atoms with E-state index >= 15 is 0 Å². The van der Waals surface area contributed by atoms with E-state index in [0.29, 0.717) is 0 Å². The molecule has 1 saturated heterocycles. The largest absolute Gasteiger partial charge is 0.481 e. The van der Waals surface area contributed by atoms with Crippen molar-refractivity contribution in [1.82, 2.24) is 10.2 Å². The van der Waals surface area contributed by atoms with Crippen LogP contribution in [0.2, 0.25) is 0 Å². The Morgan fingerprint density at radius 3 is 2.82 bits per heavy atom. The van der Waals surface area contributed by atoms with Gasteiger partial charge in [0.15, 0.2) is 0 Å². The van der Waals surface area contributed by atoms with Gasteiger partial charge in [-0.1, -0.05) is 0 Å². The first-order chi connectivity index (χ1) is 7.91. The lowest BCUT2D eigenvalue weighted by Gasteiger charge is -2.23. The van der Waals surface area contributed by atoms with Crippen molar-refractivity contribution in [3.63, 3.8) is 0 Å². The molecule has 17 heavy (non-hydrogen) atoms. The highest BCUT2D eigenvalue weighted by Crippen LogP contribution is 2.18. The second kappa shape index (κ2) is 5.76. The third-order valence-corrected chi connectivity index (χ3v) is 2.14. The molecule has 0 atom stereocenters. The third-order valence-electron chi connectivity index (χ3n) is 2.14. The van der Waals surface area contributed by atoms with E-state index in [1.54, 1.807) is 0 Å². The number of aliphatic carboxylic acids is 1. The maximum atomic E-state index is 13.1. The van der Waals surface area contributed by atoms with E-state index in [4.69, 9.17) is 5.11 Å². The number of rotatable bonds is 3. The Morgan fingerprint density at radius 1 is 1.47 bits per heavy atom. The quantitative estimate of drug-likeness (QED) is 0.748. The van der Waals surface area contributed by atoms with Gasteiger partial charge in [-0.3, -0.25) is 4.79 Å². The van der Waals surface area contributed by atoms with Crippen LogP contribution in [-0.2, 0) is 9.53 Å². The number of amides is 2. The molecule has 6 nitrogen and oxygen atoms in total. The summed E-state index contributed by atoms with van der Waals surface area (Å²) < 4.78 is 30.8. The molecule has 0 aliphatic carbocycles. The second-order valence-corrected chi connectivity index (χ2v) is 3.71. The van der Waals surface area contributed by atoms with Crippen LogP contribution in [0.25, 0.3) is 0 Å². The van der Waals surface area contributed by atoms with Gasteiger partial charge in [0.1, 0.15) is 6.61 Å². The standard InChI is InChI=1S/C9H14F2N2O4/c10-9(11)5-13(3-4-17-6-9)8(16)12-2-1-7(14)15/h1-6H2,(H,12,16)(H,14,15). The van der Waals surface area contributed by atoms with Crippen molar-refractivity contribution >= 4 is 12.0 Å². The fourth-order valence-corrected chi connectivity index (χ4v) is 1.36. The molecule has 1 fully saturated rings. The summed E-state index contributed by atoms with van der Waals surface area (Å²) in [5.74, 6) is -4.13. The van der Waals surface area contributed by atoms with Gasteiger partial charge in [0.25, 0.3) is 5.92 Å². The summed E-state index contributed by atoms with van der Waals surface area (Å²) in [6.07, 6.45) is -0.244. The lowest BCUT2D eigenvalue weighted by Crippen LogP contribution is -2.46. The summed E-state index contributed by atoms with van der Waals surface area (Å²) in [6.45, 7) is -1.40. The van der Waals surface area contributed by atoms with Crippen molar-refractivity contribution in [3.05, 3.63) is 0 Å². The van der Waals surface area contributed by atoms with Crippen LogP contribution in [0.15, 0.2) is 0 Å². The normalized spacial score (nSPS) is 19.5. The van der Waals surface area contributed by atoms with Gasteiger partial charge >= 0.3 is 12.0 Å². The van der Waals surface area contributed by atoms with Crippen LogP contribution < -0.4 is 5.32 Å². The molecule has 1 aliphatic heterocycles. The number of carbonyl (C=O) groups excluding carboxylic acids is 1. The number of urea groups is 1. The molecule has 0 bridgehead atoms. The van der Waals surface area contributed by atoms with Gasteiger partial charge in [0, 0.05) is 13.1 Å². The van der Waals surface area contributed by atoms with Crippen LogP contribution in [-0.4, -0.2) is 60.8 Å². The summed E-state index contributed by atoms with van der Waals surface area (Å²) in [5, 5.41) is 10.6. The lowest BCUT2D eigenvalue weighted by atomic mass is 10.3. The van der Waals surface area contributed by atoms with Gasteiger partial charge in [0.2, 0.25) is 0 Å². The van der Waals surface area contributed by atoms with Crippen molar-refractivity contribution in [1.29, 1.82) is 0 Å². The molecule has 0 spiro atoms. The number of carboxylic acids is 1. The molecule has 98 valence electrons. The molecular weight excluding hydrogens is 238 g/mol. The van der Waals surface area contributed by atoms with Gasteiger partial charge in [0.05, 0.1) is 19.6 Å². The van der Waals surface area contributed by atoms with Crippen LogP contribution in [0.4, 0.5) is 13.6 Å². The molecule has 0 saturated carbocycles. The Bertz CT molecular complexity index is 299. The second-order valence-electron chi connectivity index (χ2n) is 3.71. The van der Waals surface area contributed by atoms with Gasteiger partial charge < -0.3 is 20.1 Å². The first-order valence-corrected chi connectivity index (χ1v) is 5.11. The number of hydrogen-bond donors (Lipinski definition) is 2. The summed E-state index contributed by atoms with van der Waals surface area (Å²) >= 11 is 0. The molecule has 2 N–H and O–H groups in total. The van der Waals surface area contributed by atoms with Crippen molar-refractivity contribution in [2.45, 2.75) is 12.3 Å². The number of nitrogens with zero attached hydrogens (tertiary/aromatic N) is 1. The maximum Gasteiger partial charge on any atom is 0.317 e. The predicted molar refractivity (Wildman–Crippen MR) is 53.0 cm³/mol. The van der Waals surface area contributed by atoms with Crippen LogP contribution >= 0.6 is 0 Å². The minimum absolute atomic E-state index is 0.0436. The van der Waals surface area contributed by atoms with Crippen LogP contribution in [0.5, 0.6) is 0 Å². The molecule has 0 radical (unpaired) electrons. The van der Waals surface area contributed by atoms with E-state index in [0.717, 1.165) is 4.90 Å². The summed E-state index contributed by atoms with van der Waals surface area (Å²) in [5.41, 5.74) is 0. The number of nitrogens with one attached hydrogen (secondary N) is 1. The molecule has 0 aromatic rings. The average Bonchev–Trinajstić information content (AvgIpc) is 2.38. The van der Waals surface area contributed by atoms with E-state index in [9.17, 15) is 18.4 Å². The SMILES string of the molecule is O=C(O)CCNC(=O)N1CCOCC(F)(F)C1. The predicted octanol–water partition coefficient (Wildman–Crippen LogP) is 0.138. The Balaban J connectivity index is 2.41. The third kappa shape index (κ3) is 4.94. The Hall–Kier alpha value is -1.44. The number of carboxylic acid groups (broad SMARTS) is 1. The Kier molecular flexibility index (Phi) is 4.62. The van der Waals surface area contributed by atoms with E-state index in [1.165, 1.54) is 0 Å². The van der Waals surface area contributed by atoms with Gasteiger partial charge in [-0.25, -0.2) is 13.6 Å². The highest BCUT2D eigenvalue weighted by molar-refractivity contribution is 5.75. The molecule has 1 heterocycles. The lowest BCUT2D eigenvalue weighted by molar-refractivity contribution is -0.136. The zero-order valence-electron chi connectivity index (χ0n) is 9.12. The average molecular weight is 252 g/mol. The molecule has 2 amide bonds. The first kappa shape index (κ1) is 13.6. The summed E-state index contributed by atoms with van der Waals surface area (Å²) in [6, 6.07) is -0.698. The number of halogens is 2. The van der Waals surface area contributed by atoms with Gasteiger partial charge in [-0.2, -0.15) is 0 Å². The number of carbonyl (C=O) groups is 2. The molecule has 1 aliphatic rings. The molecule has 0 aromatic carbocycles. The molecule has 8 heteroatoms. The van der Waals surface area contributed by atoms with Crippen LogP contribution in [0.1, 0.15) is 6.42 Å². The fourth-order valence-electron chi connectivity index (χ4n) is 1.36. The molecule has 0 unspecified atom stereocenters. The van der Waals surface area contributed by atoms with E-state index in [1.807, 2.05) is 0 Å². The smallest absolute Gasteiger partial charge is 0.317 e. The first-order valence-electron chi connectivity index (χ1n) is 5.11. The van der Waals surface area contributed by atoms with E-state index in [2.05, 4.69) is 10.1 Å². The van der Waals surface area contributed by atoms with Crippen molar-refractivity contribution in [3.8, 4) is 0 Å². The Labute approximate surface area is 96.5 Å². The van der Waals surface area contributed by atoms with Gasteiger partial charge in [-0.15, -0.1) is 0 Å². The van der Waals surface area contributed by atoms with Crippen molar-refractivity contribution in [2.75, 3.05) is 32.8 Å². The number of ether oxygens (including phenoxy) is 1. The molecular formula is C9H14F2N2O4. The van der Waals surface area contributed by atoms with Crippen molar-refractivity contribution in [2.24, 2.45) is 0 Å². The van der Waals surface area contributed by atoms with Crippen molar-refractivity contribution < 1.29 is 28.2 Å². The van der Waals surface area contributed by atoms with E-state index < -0.39 is 31.1 Å². The number of hydrogen-bond acceptors (Lipinski definition) is 3. The highest BCUT2D eigenvalue weighted by atomic mass is 19.3. The van der Waals surface area contributed by atoms with Crippen LogP contribution in [0.3, 0.4) is 0 Å². The summed E-state index contributed by atoms with van der Waals surface area (Å²) in [4.78, 5) is 22.6. The van der Waals surface area contributed by atoms with Gasteiger partial charge in [-0.05, 0) is 0 Å². The molecule has 1 rings (SSSR count). The molecule has 0 aromatic heterocycles. The minimum atomic E-state index is -3.07.